The number of anilines is 2. The Hall–Kier alpha value is -3.75. The van der Waals surface area contributed by atoms with E-state index in [9.17, 15) is 48.7 Å². The normalized spacial score (nSPS) is 23.5. The Balaban J connectivity index is 0.991. The lowest BCUT2D eigenvalue weighted by molar-refractivity contribution is -0.250. The summed E-state index contributed by atoms with van der Waals surface area (Å²) in [5, 5.41) is 12.1. The molecule has 0 radical (unpaired) electrons. The largest absolute Gasteiger partial charge is 0.501 e. The number of thioether (sulfide) groups is 1. The first kappa shape index (κ1) is 49.2. The number of benzene rings is 3. The fourth-order valence-electron chi connectivity index (χ4n) is 10.0. The van der Waals surface area contributed by atoms with E-state index in [1.807, 2.05) is 40.0 Å². The van der Waals surface area contributed by atoms with Gasteiger partial charge in [0.05, 0.1) is 22.6 Å². The van der Waals surface area contributed by atoms with Crippen LogP contribution in [0.1, 0.15) is 76.1 Å². The number of carbonyl (C=O) groups is 1. The third-order valence-electron chi connectivity index (χ3n) is 13.6. The quantitative estimate of drug-likeness (QED) is 0.0491. The van der Waals surface area contributed by atoms with E-state index in [2.05, 4.69) is 29.0 Å². The average molecular weight is 968 g/mol. The van der Waals surface area contributed by atoms with Gasteiger partial charge in [-0.2, -0.15) is 13.2 Å². The van der Waals surface area contributed by atoms with Gasteiger partial charge in [0.25, 0.3) is 25.8 Å². The maximum atomic E-state index is 14.0. The predicted octanol–water partition coefficient (Wildman–Crippen LogP) is 8.40. The van der Waals surface area contributed by atoms with Crippen molar-refractivity contribution >= 4 is 48.9 Å². The summed E-state index contributed by atoms with van der Waals surface area (Å²) in [7, 11) is -9.18. The molecule has 1 heterocycles. The summed E-state index contributed by atoms with van der Waals surface area (Å²) in [5.74, 6) is -1.06. The van der Waals surface area contributed by atoms with Gasteiger partial charge in [-0.15, -0.1) is 11.8 Å². The van der Waals surface area contributed by atoms with E-state index < -0.39 is 64.6 Å². The van der Waals surface area contributed by atoms with E-state index in [0.29, 0.717) is 45.0 Å². The third-order valence-corrected chi connectivity index (χ3v) is 17.9. The summed E-state index contributed by atoms with van der Waals surface area (Å²) in [4.78, 5) is 18.4. The van der Waals surface area contributed by atoms with Crippen LogP contribution in [0.15, 0.2) is 98.6 Å². The summed E-state index contributed by atoms with van der Waals surface area (Å²) in [6.07, 6.45) is 2.80. The molecular formula is C46H58F5N5O6S3. The smallest absolute Gasteiger partial charge is 0.395 e. The van der Waals surface area contributed by atoms with Crippen LogP contribution in [0.2, 0.25) is 0 Å². The molecule has 1 amide bonds. The molecule has 0 aromatic heterocycles. The van der Waals surface area contributed by atoms with Crippen LogP contribution in [0.3, 0.4) is 0 Å². The molecule has 3 aromatic rings. The number of aliphatic hydroxyl groups is 1. The van der Waals surface area contributed by atoms with Gasteiger partial charge in [-0.1, -0.05) is 43.2 Å². The number of allylic oxidation sites excluding steroid dienone is 1. The molecule has 4 fully saturated rings. The van der Waals surface area contributed by atoms with Crippen molar-refractivity contribution in [2.75, 3.05) is 63.1 Å². The highest BCUT2D eigenvalue weighted by Gasteiger charge is 2.73. The number of halogens is 5. The van der Waals surface area contributed by atoms with Crippen molar-refractivity contribution in [3.63, 3.8) is 0 Å². The number of sulfonamides is 1. The molecule has 3 N–H and O–H groups in total. The van der Waals surface area contributed by atoms with Gasteiger partial charge in [-0.05, 0) is 124 Å². The molecule has 3 aromatic carbocycles. The fourth-order valence-corrected chi connectivity index (χ4v) is 13.3. The number of nitrogens with one attached hydrogen (secondary N) is 2. The predicted molar refractivity (Wildman–Crippen MR) is 242 cm³/mol. The molecule has 0 unspecified atom stereocenters. The van der Waals surface area contributed by atoms with Gasteiger partial charge in [-0.3, -0.25) is 14.6 Å². The number of alkyl halides is 5. The molecule has 1 aliphatic heterocycles. The number of hydrogen-bond acceptors (Lipinski definition) is 11. The Morgan fingerprint density at radius 3 is 2.18 bits per heavy atom. The lowest BCUT2D eigenvalue weighted by Crippen LogP contribution is -2.66. The fraction of sp³-hybridized carbons (Fsp3) is 0.543. The van der Waals surface area contributed by atoms with Gasteiger partial charge in [0.1, 0.15) is 4.90 Å². The molecule has 2 bridgehead atoms. The molecule has 11 nitrogen and oxygen atoms in total. The number of sulfone groups is 1. The molecule has 65 heavy (non-hydrogen) atoms. The molecule has 1 saturated heterocycles. The zero-order valence-electron chi connectivity index (χ0n) is 37.0. The third kappa shape index (κ3) is 10.5. The van der Waals surface area contributed by atoms with Crippen LogP contribution in [0, 0.1) is 16.2 Å². The van der Waals surface area contributed by atoms with Crippen LogP contribution in [0.4, 0.5) is 33.3 Å². The number of piperazine rings is 1. The summed E-state index contributed by atoms with van der Waals surface area (Å²) in [6, 6.07) is 17.2. The van der Waals surface area contributed by atoms with Crippen molar-refractivity contribution in [3.05, 3.63) is 89.5 Å². The lowest BCUT2D eigenvalue weighted by atomic mass is 9.32. The number of aliphatic hydroxyl groups excluding tert-OH is 1. The van der Waals surface area contributed by atoms with E-state index >= 15 is 0 Å². The maximum Gasteiger partial charge on any atom is 0.501 e. The zero-order chi connectivity index (χ0) is 47.2. The SMILES string of the molecule is C[C@H](C[C@H](Sc1ccccc1)N(C)CCO)Nc1ccc(S(=O)(=O)NC(=O)c2ccc(N3CCN(CC4=C(C56CC(C(F)F)(C5)C6)CC(C)(C)CC4)CC3)cc2)cc1S(=O)(=O)C(F)(F)F. The minimum atomic E-state index is -6.08. The van der Waals surface area contributed by atoms with Gasteiger partial charge in [0.15, 0.2) is 0 Å². The van der Waals surface area contributed by atoms with Crippen molar-refractivity contribution in [3.8, 4) is 0 Å². The summed E-state index contributed by atoms with van der Waals surface area (Å²) < 4.78 is 124. The van der Waals surface area contributed by atoms with Crippen molar-refractivity contribution in [1.82, 2.24) is 14.5 Å². The van der Waals surface area contributed by atoms with E-state index in [4.69, 9.17) is 0 Å². The molecule has 0 spiro atoms. The van der Waals surface area contributed by atoms with E-state index in [-0.39, 0.29) is 34.8 Å². The standard InChI is InChI=1S/C46H58F5N5O6S3/c1-31(24-40(54(4)22-23-57)63-35-8-6-5-7-9-35)52-38-15-14-36(25-39(38)64(59,60)46(49,50)51)65(61,62)53-41(58)32-10-12-34(13-11-32)56-20-18-55(19-21-56)27-33-16-17-43(2,3)26-37(33)44-28-45(29-44,30-44)42(47)48/h5-15,25,31,40,42,52,57H,16-24,26-30H2,1-4H3,(H,53,58)/t31-,40+,44?,45?/m1/s1. The number of rotatable bonds is 18. The second kappa shape index (κ2) is 18.7. The molecule has 4 aliphatic carbocycles. The Labute approximate surface area is 383 Å². The molecule has 3 saturated carbocycles. The van der Waals surface area contributed by atoms with Crippen molar-refractivity contribution in [2.24, 2.45) is 16.2 Å². The second-order valence-electron chi connectivity index (χ2n) is 19.1. The highest BCUT2D eigenvalue weighted by Crippen LogP contribution is 2.79. The highest BCUT2D eigenvalue weighted by molar-refractivity contribution is 7.99. The topological polar surface area (TPSA) is 139 Å². The van der Waals surface area contributed by atoms with Gasteiger partial charge >= 0.3 is 5.51 Å². The van der Waals surface area contributed by atoms with Gasteiger partial charge in [0.2, 0.25) is 6.43 Å². The zero-order valence-corrected chi connectivity index (χ0v) is 39.5. The maximum absolute atomic E-state index is 14.0. The van der Waals surface area contributed by atoms with Crippen LogP contribution in [0.5, 0.6) is 0 Å². The molecule has 356 valence electrons. The van der Waals surface area contributed by atoms with Gasteiger partial charge in [0, 0.05) is 66.9 Å². The summed E-state index contributed by atoms with van der Waals surface area (Å²) >= 11 is 1.45. The Morgan fingerprint density at radius 1 is 0.938 bits per heavy atom. The average Bonchev–Trinajstić information content (AvgIpc) is 3.20. The number of carbonyl (C=O) groups excluding carboxylic acids is 1. The van der Waals surface area contributed by atoms with Crippen molar-refractivity contribution < 1.29 is 48.7 Å². The molecule has 5 aliphatic rings. The first-order valence-corrected chi connectivity index (χ1v) is 25.7. The minimum absolute atomic E-state index is 0.0396. The Kier molecular flexibility index (Phi) is 14.2. The van der Waals surface area contributed by atoms with Crippen LogP contribution in [0.25, 0.3) is 0 Å². The summed E-state index contributed by atoms with van der Waals surface area (Å²) in [5.41, 5.74) is -3.33. The number of hydrogen-bond donors (Lipinski definition) is 3. The van der Waals surface area contributed by atoms with E-state index in [1.54, 1.807) is 26.1 Å². The second-order valence-corrected chi connectivity index (χ2v) is 24.0. The molecule has 19 heteroatoms. The van der Waals surface area contributed by atoms with Crippen molar-refractivity contribution in [1.29, 1.82) is 0 Å². The van der Waals surface area contributed by atoms with Crippen LogP contribution in [-0.4, -0.2) is 114 Å². The molecular weight excluding hydrogens is 910 g/mol. The summed E-state index contributed by atoms with van der Waals surface area (Å²) in [6.45, 7) is 10.0. The van der Waals surface area contributed by atoms with Gasteiger partial charge in [-0.25, -0.2) is 30.3 Å². The Morgan fingerprint density at radius 2 is 1.58 bits per heavy atom. The Bertz CT molecular complexity index is 2440. The van der Waals surface area contributed by atoms with E-state index in [0.717, 1.165) is 61.6 Å². The first-order chi connectivity index (χ1) is 30.5. The molecule has 2 atom stereocenters. The monoisotopic (exact) mass is 967 g/mol. The number of amides is 1. The van der Waals surface area contributed by atoms with E-state index in [1.165, 1.54) is 35.0 Å². The van der Waals surface area contributed by atoms with Gasteiger partial charge < -0.3 is 15.3 Å². The first-order valence-electron chi connectivity index (χ1n) is 21.9. The number of likely N-dealkylation sites (N-methyl/N-ethyl adjacent to an activating group) is 1. The molecule has 8 rings (SSSR count). The minimum Gasteiger partial charge on any atom is -0.395 e. The van der Waals surface area contributed by atoms with Crippen LogP contribution < -0.4 is 14.9 Å². The van der Waals surface area contributed by atoms with Crippen molar-refractivity contribution in [2.45, 2.75) is 104 Å². The number of nitrogens with zero attached hydrogens (tertiary/aromatic N) is 3. The highest BCUT2D eigenvalue weighted by atomic mass is 32.2. The van der Waals surface area contributed by atoms with Crippen LogP contribution >= 0.6 is 11.8 Å². The van der Waals surface area contributed by atoms with Crippen LogP contribution in [-0.2, 0) is 19.9 Å². The lowest BCUT2D eigenvalue weighted by Gasteiger charge is -2.72.